The average Bonchev–Trinajstić information content (AvgIpc) is 2.62. The second-order valence-corrected chi connectivity index (χ2v) is 3.09. The zero-order chi connectivity index (χ0) is 10.8. The number of rotatable bonds is 2. The Morgan fingerprint density at radius 1 is 1.40 bits per heavy atom. The Balaban J connectivity index is 2.43. The molecule has 1 heterocycles. The van der Waals surface area contributed by atoms with Gasteiger partial charge in [-0.3, -0.25) is 9.59 Å². The molecule has 0 bridgehead atoms. The zero-order valence-electron chi connectivity index (χ0n) is 8.07. The summed E-state index contributed by atoms with van der Waals surface area (Å²) in [4.78, 5) is 21.6. The van der Waals surface area contributed by atoms with Gasteiger partial charge in [0.1, 0.15) is 0 Å². The first-order valence-corrected chi connectivity index (χ1v) is 4.37. The summed E-state index contributed by atoms with van der Waals surface area (Å²) in [5.74, 6) is 0.813. The minimum Gasteiger partial charge on any atom is -0.454 e. The minimum atomic E-state index is -0.239. The molecule has 0 saturated heterocycles. The number of carbonyl (C=O) groups excluding carboxylic acids is 2. The van der Waals surface area contributed by atoms with E-state index in [1.807, 2.05) is 0 Å². The number of anilines is 1. The molecule has 0 spiro atoms. The van der Waals surface area contributed by atoms with E-state index in [-0.39, 0.29) is 12.7 Å². The lowest BCUT2D eigenvalue weighted by Gasteiger charge is -2.06. The van der Waals surface area contributed by atoms with Crippen molar-refractivity contribution in [2.75, 3.05) is 12.1 Å². The number of ether oxygens (including phenoxy) is 2. The van der Waals surface area contributed by atoms with Crippen LogP contribution in [-0.2, 0) is 4.79 Å². The van der Waals surface area contributed by atoms with Crippen LogP contribution < -0.4 is 14.8 Å². The van der Waals surface area contributed by atoms with Crippen molar-refractivity contribution in [3.8, 4) is 11.5 Å². The third-order valence-electron chi connectivity index (χ3n) is 1.98. The molecule has 0 aliphatic carbocycles. The van der Waals surface area contributed by atoms with Gasteiger partial charge in [-0.2, -0.15) is 0 Å². The number of hydrogen-bond donors (Lipinski definition) is 1. The predicted octanol–water partition coefficient (Wildman–Crippen LogP) is 1.19. The second kappa shape index (κ2) is 3.61. The molecule has 78 valence electrons. The molecule has 0 aromatic heterocycles. The molecule has 1 aromatic rings. The van der Waals surface area contributed by atoms with Gasteiger partial charge in [0.15, 0.2) is 17.8 Å². The van der Waals surface area contributed by atoms with Gasteiger partial charge in [-0.25, -0.2) is 0 Å². The average molecular weight is 207 g/mol. The summed E-state index contributed by atoms with van der Waals surface area (Å²) in [6, 6.07) is 3.12. The molecule has 5 nitrogen and oxygen atoms in total. The highest BCUT2D eigenvalue weighted by atomic mass is 16.7. The van der Waals surface area contributed by atoms with Crippen LogP contribution >= 0.6 is 0 Å². The van der Waals surface area contributed by atoms with E-state index in [0.717, 1.165) is 0 Å². The first-order chi connectivity index (χ1) is 7.20. The highest BCUT2D eigenvalue weighted by Crippen LogP contribution is 2.36. The molecular formula is C10H9NO4. The summed E-state index contributed by atoms with van der Waals surface area (Å²) in [6.07, 6.45) is 0.660. The van der Waals surface area contributed by atoms with Gasteiger partial charge in [-0.05, 0) is 6.07 Å². The van der Waals surface area contributed by atoms with E-state index in [0.29, 0.717) is 29.0 Å². The van der Waals surface area contributed by atoms with E-state index in [9.17, 15) is 9.59 Å². The van der Waals surface area contributed by atoms with Crippen LogP contribution in [-0.4, -0.2) is 19.0 Å². The summed E-state index contributed by atoms with van der Waals surface area (Å²) in [6.45, 7) is 1.51. The lowest BCUT2D eigenvalue weighted by molar-refractivity contribution is -0.114. The van der Waals surface area contributed by atoms with Crippen LogP contribution in [0.4, 0.5) is 5.69 Å². The van der Waals surface area contributed by atoms with Crippen molar-refractivity contribution >= 4 is 17.9 Å². The zero-order valence-corrected chi connectivity index (χ0v) is 8.07. The SMILES string of the molecule is CC(=O)Nc1cc2c(cc1C=O)OCO2. The summed E-state index contributed by atoms with van der Waals surface area (Å²) >= 11 is 0. The van der Waals surface area contributed by atoms with Gasteiger partial charge in [0, 0.05) is 18.6 Å². The molecule has 0 saturated carbocycles. The number of aldehydes is 1. The van der Waals surface area contributed by atoms with Crippen molar-refractivity contribution in [3.05, 3.63) is 17.7 Å². The first-order valence-electron chi connectivity index (χ1n) is 4.37. The molecule has 1 N–H and O–H groups in total. The maximum atomic E-state index is 10.9. The third kappa shape index (κ3) is 1.76. The first kappa shape index (κ1) is 9.51. The Bertz CT molecular complexity index is 428. The van der Waals surface area contributed by atoms with Gasteiger partial charge < -0.3 is 14.8 Å². The molecular weight excluding hydrogens is 198 g/mol. The van der Waals surface area contributed by atoms with Gasteiger partial charge in [-0.15, -0.1) is 0 Å². The second-order valence-electron chi connectivity index (χ2n) is 3.09. The standard InChI is InChI=1S/C10H9NO4/c1-6(13)11-8-3-10-9(14-5-15-10)2-7(8)4-12/h2-4H,5H2,1H3,(H,11,13). The Morgan fingerprint density at radius 2 is 2.07 bits per heavy atom. The van der Waals surface area contributed by atoms with Crippen LogP contribution in [0.15, 0.2) is 12.1 Å². The fourth-order valence-corrected chi connectivity index (χ4v) is 1.35. The Kier molecular flexibility index (Phi) is 2.29. The smallest absolute Gasteiger partial charge is 0.231 e. The van der Waals surface area contributed by atoms with Gasteiger partial charge in [-0.1, -0.05) is 0 Å². The van der Waals surface area contributed by atoms with E-state index < -0.39 is 0 Å². The predicted molar refractivity (Wildman–Crippen MR) is 52.3 cm³/mol. The number of benzene rings is 1. The summed E-state index contributed by atoms with van der Waals surface area (Å²) in [5.41, 5.74) is 0.802. The number of fused-ring (bicyclic) bond motifs is 1. The van der Waals surface area contributed by atoms with E-state index in [4.69, 9.17) is 9.47 Å². The molecule has 0 fully saturated rings. The highest BCUT2D eigenvalue weighted by Gasteiger charge is 2.17. The molecule has 1 amide bonds. The normalized spacial score (nSPS) is 12.3. The molecule has 1 aliphatic heterocycles. The van der Waals surface area contributed by atoms with Crippen LogP contribution in [0.3, 0.4) is 0 Å². The lowest BCUT2D eigenvalue weighted by Crippen LogP contribution is -2.07. The van der Waals surface area contributed by atoms with Crippen LogP contribution in [0.2, 0.25) is 0 Å². The molecule has 15 heavy (non-hydrogen) atoms. The summed E-state index contributed by atoms with van der Waals surface area (Å²) < 4.78 is 10.2. The van der Waals surface area contributed by atoms with Crippen molar-refractivity contribution in [2.24, 2.45) is 0 Å². The number of amides is 1. The highest BCUT2D eigenvalue weighted by molar-refractivity contribution is 5.96. The van der Waals surface area contributed by atoms with Gasteiger partial charge in [0.05, 0.1) is 5.69 Å². The minimum absolute atomic E-state index is 0.136. The topological polar surface area (TPSA) is 64.6 Å². The maximum absolute atomic E-state index is 10.9. The molecule has 0 atom stereocenters. The van der Waals surface area contributed by atoms with Crippen LogP contribution in [0.1, 0.15) is 17.3 Å². The van der Waals surface area contributed by atoms with E-state index >= 15 is 0 Å². The van der Waals surface area contributed by atoms with Gasteiger partial charge in [0.25, 0.3) is 0 Å². The lowest BCUT2D eigenvalue weighted by atomic mass is 10.1. The monoisotopic (exact) mass is 207 g/mol. The molecule has 1 aliphatic rings. The van der Waals surface area contributed by atoms with Gasteiger partial charge in [0.2, 0.25) is 12.7 Å². The molecule has 1 aromatic carbocycles. The molecule has 0 radical (unpaired) electrons. The summed E-state index contributed by atoms with van der Waals surface area (Å²) in [7, 11) is 0. The molecule has 5 heteroatoms. The van der Waals surface area contributed by atoms with Crippen molar-refractivity contribution in [1.29, 1.82) is 0 Å². The largest absolute Gasteiger partial charge is 0.454 e. The van der Waals surface area contributed by atoms with E-state index in [1.54, 1.807) is 12.1 Å². The Morgan fingerprint density at radius 3 is 2.67 bits per heavy atom. The quantitative estimate of drug-likeness (QED) is 0.740. The maximum Gasteiger partial charge on any atom is 0.231 e. The number of hydrogen-bond acceptors (Lipinski definition) is 4. The van der Waals surface area contributed by atoms with Crippen molar-refractivity contribution < 1.29 is 19.1 Å². The van der Waals surface area contributed by atoms with Gasteiger partial charge >= 0.3 is 0 Å². The fraction of sp³-hybridized carbons (Fsp3) is 0.200. The Labute approximate surface area is 86.0 Å². The molecule has 2 rings (SSSR count). The van der Waals surface area contributed by atoms with Crippen LogP contribution in [0.25, 0.3) is 0 Å². The van der Waals surface area contributed by atoms with E-state index in [1.165, 1.54) is 6.92 Å². The van der Waals surface area contributed by atoms with Crippen molar-refractivity contribution in [3.63, 3.8) is 0 Å². The number of nitrogens with one attached hydrogen (secondary N) is 1. The third-order valence-corrected chi connectivity index (χ3v) is 1.98. The number of carbonyl (C=O) groups is 2. The van der Waals surface area contributed by atoms with Crippen molar-refractivity contribution in [1.82, 2.24) is 0 Å². The van der Waals surface area contributed by atoms with E-state index in [2.05, 4.69) is 5.32 Å². The Hall–Kier alpha value is -2.04. The molecule has 0 unspecified atom stereocenters. The fourth-order valence-electron chi connectivity index (χ4n) is 1.35. The summed E-state index contributed by atoms with van der Waals surface area (Å²) in [5, 5.41) is 2.55. The van der Waals surface area contributed by atoms with Crippen LogP contribution in [0, 0.1) is 0 Å². The van der Waals surface area contributed by atoms with Crippen LogP contribution in [0.5, 0.6) is 11.5 Å². The van der Waals surface area contributed by atoms with Crippen molar-refractivity contribution in [2.45, 2.75) is 6.92 Å².